The molecule has 0 saturated carbocycles. The van der Waals surface area contributed by atoms with Crippen LogP contribution in [0.2, 0.25) is 0 Å². The number of pyridine rings is 1. The van der Waals surface area contributed by atoms with E-state index in [0.29, 0.717) is 30.9 Å². The third-order valence-electron chi connectivity index (χ3n) is 4.24. The summed E-state index contributed by atoms with van der Waals surface area (Å²) < 4.78 is 4.95. The van der Waals surface area contributed by atoms with Crippen molar-refractivity contribution < 1.29 is 14.3 Å². The third kappa shape index (κ3) is 4.30. The van der Waals surface area contributed by atoms with Crippen LogP contribution in [-0.4, -0.2) is 54.7 Å². The zero-order valence-electron chi connectivity index (χ0n) is 14.7. The van der Waals surface area contributed by atoms with E-state index in [1.54, 1.807) is 48.5 Å². The number of rotatable bonds is 4. The SMILES string of the molecule is CCOC(=O)c1ccc(NC(=O)N2CCN(c3ccncc3)CC2)cc1. The summed E-state index contributed by atoms with van der Waals surface area (Å²) in [5, 5.41) is 2.87. The van der Waals surface area contributed by atoms with Crippen LogP contribution in [0.15, 0.2) is 48.8 Å². The fraction of sp³-hybridized carbons (Fsp3) is 0.316. The lowest BCUT2D eigenvalue weighted by atomic mass is 10.2. The molecule has 3 rings (SSSR count). The Morgan fingerprint density at radius 3 is 2.31 bits per heavy atom. The number of amides is 2. The monoisotopic (exact) mass is 354 g/mol. The number of carbonyl (C=O) groups excluding carboxylic acids is 2. The molecule has 1 fully saturated rings. The summed E-state index contributed by atoms with van der Waals surface area (Å²) in [7, 11) is 0. The third-order valence-corrected chi connectivity index (χ3v) is 4.24. The molecule has 0 spiro atoms. The molecule has 7 heteroatoms. The van der Waals surface area contributed by atoms with Gasteiger partial charge in [-0.2, -0.15) is 0 Å². The van der Waals surface area contributed by atoms with Gasteiger partial charge in [-0.15, -0.1) is 0 Å². The summed E-state index contributed by atoms with van der Waals surface area (Å²) in [4.78, 5) is 32.1. The largest absolute Gasteiger partial charge is 0.462 e. The van der Waals surface area contributed by atoms with Crippen LogP contribution in [-0.2, 0) is 4.74 Å². The lowest BCUT2D eigenvalue weighted by Crippen LogP contribution is -2.50. The number of piperazine rings is 1. The molecule has 0 unspecified atom stereocenters. The van der Waals surface area contributed by atoms with Gasteiger partial charge in [0.05, 0.1) is 12.2 Å². The highest BCUT2D eigenvalue weighted by atomic mass is 16.5. The molecule has 1 aliphatic heterocycles. The first-order valence-electron chi connectivity index (χ1n) is 8.65. The highest BCUT2D eigenvalue weighted by Gasteiger charge is 2.21. The zero-order valence-corrected chi connectivity index (χ0v) is 14.7. The van der Waals surface area contributed by atoms with Crippen LogP contribution in [0.1, 0.15) is 17.3 Å². The summed E-state index contributed by atoms with van der Waals surface area (Å²) in [5.41, 5.74) is 2.24. The normalized spacial score (nSPS) is 14.0. The van der Waals surface area contributed by atoms with Gasteiger partial charge in [0.15, 0.2) is 0 Å². The fourth-order valence-corrected chi connectivity index (χ4v) is 2.83. The Hall–Kier alpha value is -3.09. The first-order valence-corrected chi connectivity index (χ1v) is 8.65. The van der Waals surface area contributed by atoms with Crippen LogP contribution in [0, 0.1) is 0 Å². The highest BCUT2D eigenvalue weighted by Crippen LogP contribution is 2.16. The van der Waals surface area contributed by atoms with Gasteiger partial charge in [0.25, 0.3) is 0 Å². The Kier molecular flexibility index (Phi) is 5.68. The first kappa shape index (κ1) is 17.7. The molecule has 1 N–H and O–H groups in total. The molecule has 0 atom stereocenters. The van der Waals surface area contributed by atoms with Crippen LogP contribution < -0.4 is 10.2 Å². The molecule has 0 radical (unpaired) electrons. The van der Waals surface area contributed by atoms with Gasteiger partial charge < -0.3 is 19.9 Å². The second kappa shape index (κ2) is 8.33. The highest BCUT2D eigenvalue weighted by molar-refractivity contribution is 5.92. The molecule has 2 heterocycles. The van der Waals surface area contributed by atoms with Crippen molar-refractivity contribution in [3.05, 3.63) is 54.4 Å². The topological polar surface area (TPSA) is 74.8 Å². The van der Waals surface area contributed by atoms with Gasteiger partial charge in [0, 0.05) is 49.9 Å². The van der Waals surface area contributed by atoms with Crippen molar-refractivity contribution in [3.8, 4) is 0 Å². The molecule has 136 valence electrons. The maximum Gasteiger partial charge on any atom is 0.338 e. The van der Waals surface area contributed by atoms with E-state index < -0.39 is 0 Å². The summed E-state index contributed by atoms with van der Waals surface area (Å²) in [6.45, 7) is 4.95. The van der Waals surface area contributed by atoms with Gasteiger partial charge in [-0.05, 0) is 43.3 Å². The second-order valence-corrected chi connectivity index (χ2v) is 5.91. The van der Waals surface area contributed by atoms with Gasteiger partial charge in [0.2, 0.25) is 0 Å². The van der Waals surface area contributed by atoms with Gasteiger partial charge in [-0.1, -0.05) is 0 Å². The number of anilines is 2. The molecular weight excluding hydrogens is 332 g/mol. The number of ether oxygens (including phenoxy) is 1. The summed E-state index contributed by atoms with van der Waals surface area (Å²) in [6, 6.07) is 10.5. The number of benzene rings is 1. The average molecular weight is 354 g/mol. The van der Waals surface area contributed by atoms with Crippen molar-refractivity contribution in [2.24, 2.45) is 0 Å². The molecule has 2 amide bonds. The molecule has 26 heavy (non-hydrogen) atoms. The molecule has 0 bridgehead atoms. The van der Waals surface area contributed by atoms with E-state index in [9.17, 15) is 9.59 Å². The molecule has 1 aliphatic rings. The predicted octanol–water partition coefficient (Wildman–Crippen LogP) is 2.61. The Morgan fingerprint density at radius 1 is 1.04 bits per heavy atom. The van der Waals surface area contributed by atoms with Gasteiger partial charge in [-0.3, -0.25) is 4.98 Å². The molecule has 7 nitrogen and oxygen atoms in total. The van der Waals surface area contributed by atoms with E-state index in [1.165, 1.54) is 0 Å². The van der Waals surface area contributed by atoms with Crippen LogP contribution >= 0.6 is 0 Å². The van der Waals surface area contributed by atoms with Crippen molar-refractivity contribution in [2.45, 2.75) is 6.92 Å². The lowest BCUT2D eigenvalue weighted by Gasteiger charge is -2.36. The first-order chi connectivity index (χ1) is 12.7. The quantitative estimate of drug-likeness (QED) is 0.855. The van der Waals surface area contributed by atoms with Crippen molar-refractivity contribution in [3.63, 3.8) is 0 Å². The van der Waals surface area contributed by atoms with Gasteiger partial charge in [-0.25, -0.2) is 9.59 Å². The second-order valence-electron chi connectivity index (χ2n) is 5.91. The Labute approximate surface area is 152 Å². The molecule has 1 saturated heterocycles. The van der Waals surface area contributed by atoms with Crippen LogP contribution in [0.4, 0.5) is 16.2 Å². The number of esters is 1. The van der Waals surface area contributed by atoms with E-state index >= 15 is 0 Å². The lowest BCUT2D eigenvalue weighted by molar-refractivity contribution is 0.0526. The summed E-state index contributed by atoms with van der Waals surface area (Å²) in [6.07, 6.45) is 3.54. The van der Waals surface area contributed by atoms with Crippen LogP contribution in [0.5, 0.6) is 0 Å². The summed E-state index contributed by atoms with van der Waals surface area (Å²) in [5.74, 6) is -0.363. The van der Waals surface area contributed by atoms with Gasteiger partial charge >= 0.3 is 12.0 Å². The van der Waals surface area contributed by atoms with E-state index in [4.69, 9.17) is 4.74 Å². The zero-order chi connectivity index (χ0) is 18.4. The predicted molar refractivity (Wildman–Crippen MR) is 99.4 cm³/mol. The number of carbonyl (C=O) groups is 2. The van der Waals surface area contributed by atoms with Crippen LogP contribution in [0.25, 0.3) is 0 Å². The summed E-state index contributed by atoms with van der Waals surface area (Å²) >= 11 is 0. The molecular formula is C19H22N4O3. The molecule has 1 aromatic carbocycles. The maximum atomic E-state index is 12.4. The van der Waals surface area contributed by atoms with Crippen LogP contribution in [0.3, 0.4) is 0 Å². The molecule has 1 aromatic heterocycles. The number of hydrogen-bond acceptors (Lipinski definition) is 5. The Bertz CT molecular complexity index is 741. The minimum Gasteiger partial charge on any atom is -0.462 e. The van der Waals surface area contributed by atoms with E-state index in [2.05, 4.69) is 15.2 Å². The minimum atomic E-state index is -0.363. The fourth-order valence-electron chi connectivity index (χ4n) is 2.83. The standard InChI is InChI=1S/C19H22N4O3/c1-2-26-18(24)15-3-5-16(6-4-15)21-19(25)23-13-11-22(12-14-23)17-7-9-20-10-8-17/h3-10H,2,11-14H2,1H3,(H,21,25). The van der Waals surface area contributed by atoms with Crippen molar-refractivity contribution in [1.82, 2.24) is 9.88 Å². The number of nitrogens with one attached hydrogen (secondary N) is 1. The van der Waals surface area contributed by atoms with Gasteiger partial charge in [0.1, 0.15) is 0 Å². The van der Waals surface area contributed by atoms with Crippen molar-refractivity contribution in [2.75, 3.05) is 43.0 Å². The smallest absolute Gasteiger partial charge is 0.338 e. The number of aromatic nitrogens is 1. The van der Waals surface area contributed by atoms with E-state index in [1.807, 2.05) is 12.1 Å². The average Bonchev–Trinajstić information content (AvgIpc) is 2.69. The maximum absolute atomic E-state index is 12.4. The number of nitrogens with zero attached hydrogens (tertiary/aromatic N) is 3. The number of urea groups is 1. The van der Waals surface area contributed by atoms with E-state index in [0.717, 1.165) is 18.8 Å². The van der Waals surface area contributed by atoms with Crippen molar-refractivity contribution in [1.29, 1.82) is 0 Å². The Balaban J connectivity index is 1.52. The van der Waals surface area contributed by atoms with E-state index in [-0.39, 0.29) is 12.0 Å². The molecule has 2 aromatic rings. The number of hydrogen-bond donors (Lipinski definition) is 1. The van der Waals surface area contributed by atoms with Crippen molar-refractivity contribution >= 4 is 23.4 Å². The Morgan fingerprint density at radius 2 is 1.69 bits per heavy atom. The minimum absolute atomic E-state index is 0.136. The molecule has 0 aliphatic carbocycles.